The molecule has 0 aromatic heterocycles. The lowest BCUT2D eigenvalue weighted by atomic mass is 10.1. The number of nitrogens with zero attached hydrogens (tertiary/aromatic N) is 3. The molecule has 0 bridgehead atoms. The lowest BCUT2D eigenvalue weighted by Crippen LogP contribution is -2.40. The van der Waals surface area contributed by atoms with Gasteiger partial charge in [-0.25, -0.2) is 9.59 Å². The van der Waals surface area contributed by atoms with E-state index < -0.39 is 11.7 Å². The van der Waals surface area contributed by atoms with Gasteiger partial charge in [0.1, 0.15) is 5.60 Å². The van der Waals surface area contributed by atoms with Crippen LogP contribution in [0.25, 0.3) is 10.4 Å². The molecule has 0 saturated carbocycles. The molecule has 1 rings (SSSR count). The number of benzene rings is 1. The third-order valence-electron chi connectivity index (χ3n) is 3.74. The monoisotopic (exact) mass is 390 g/mol. The van der Waals surface area contributed by atoms with E-state index >= 15 is 0 Å². The van der Waals surface area contributed by atoms with E-state index in [9.17, 15) is 9.59 Å². The van der Waals surface area contributed by atoms with Gasteiger partial charge in [0.2, 0.25) is 0 Å². The van der Waals surface area contributed by atoms with Crippen molar-refractivity contribution in [2.45, 2.75) is 58.6 Å². The fraction of sp³-hybridized carbons (Fsp3) is 0.579. The summed E-state index contributed by atoms with van der Waals surface area (Å²) in [5.74, 6) is 0. The largest absolute Gasteiger partial charge is 0.444 e. The predicted molar refractivity (Wildman–Crippen MR) is 109 cm³/mol. The highest BCUT2D eigenvalue weighted by Crippen LogP contribution is 2.12. The van der Waals surface area contributed by atoms with Crippen LogP contribution in [0.3, 0.4) is 0 Å². The summed E-state index contributed by atoms with van der Waals surface area (Å²) < 4.78 is 5.22. The van der Waals surface area contributed by atoms with Crippen molar-refractivity contribution in [3.63, 3.8) is 0 Å². The van der Waals surface area contributed by atoms with E-state index in [4.69, 9.17) is 10.3 Å². The van der Waals surface area contributed by atoms with Gasteiger partial charge in [0.05, 0.1) is 0 Å². The molecule has 1 atom stereocenters. The minimum atomic E-state index is -0.596. The summed E-state index contributed by atoms with van der Waals surface area (Å²) in [6, 6.07) is 6.98. The van der Waals surface area contributed by atoms with Crippen molar-refractivity contribution >= 4 is 17.8 Å². The Bertz CT molecular complexity index is 695. The van der Waals surface area contributed by atoms with Crippen molar-refractivity contribution in [2.24, 2.45) is 5.11 Å². The number of unbranched alkanes of at least 4 members (excludes halogenated alkanes) is 1. The van der Waals surface area contributed by atoms with Gasteiger partial charge < -0.3 is 20.7 Å². The molecule has 9 nitrogen and oxygen atoms in total. The number of hydrogen-bond donors (Lipinski definition) is 3. The zero-order valence-electron chi connectivity index (χ0n) is 17.0. The molecule has 9 heteroatoms. The average molecular weight is 390 g/mol. The van der Waals surface area contributed by atoms with Crippen LogP contribution < -0.4 is 16.0 Å². The lowest BCUT2D eigenvalue weighted by Gasteiger charge is -2.23. The Kier molecular flexibility index (Phi) is 9.67. The molecule has 0 heterocycles. The molecule has 3 N–H and O–H groups in total. The fourth-order valence-corrected chi connectivity index (χ4v) is 2.42. The molecule has 0 spiro atoms. The van der Waals surface area contributed by atoms with Crippen molar-refractivity contribution < 1.29 is 14.3 Å². The maximum Gasteiger partial charge on any atom is 0.407 e. The van der Waals surface area contributed by atoms with E-state index in [0.29, 0.717) is 13.0 Å². The van der Waals surface area contributed by atoms with E-state index in [1.807, 2.05) is 31.2 Å². The third-order valence-corrected chi connectivity index (χ3v) is 3.74. The Morgan fingerprint density at radius 2 is 1.96 bits per heavy atom. The number of rotatable bonds is 9. The quantitative estimate of drug-likeness (QED) is 0.249. The van der Waals surface area contributed by atoms with E-state index in [0.717, 1.165) is 24.1 Å². The number of alkyl carbamates (subject to hydrolysis) is 1. The van der Waals surface area contributed by atoms with Crippen LogP contribution >= 0.6 is 0 Å². The Morgan fingerprint density at radius 3 is 2.61 bits per heavy atom. The Balaban J connectivity index is 2.33. The number of ether oxygens (including phenoxy) is 1. The molecule has 0 fully saturated rings. The van der Waals surface area contributed by atoms with E-state index in [1.54, 1.807) is 20.8 Å². The number of amides is 3. The summed E-state index contributed by atoms with van der Waals surface area (Å²) in [7, 11) is 0. The number of urea groups is 1. The van der Waals surface area contributed by atoms with Gasteiger partial charge in [-0.3, -0.25) is 0 Å². The summed E-state index contributed by atoms with van der Waals surface area (Å²) in [4.78, 5) is 26.5. The molecule has 3 amide bonds. The summed E-state index contributed by atoms with van der Waals surface area (Å²) in [5.41, 5.74) is 9.68. The van der Waals surface area contributed by atoms with Gasteiger partial charge in [-0.05, 0) is 64.1 Å². The summed E-state index contributed by atoms with van der Waals surface area (Å²) in [6.45, 7) is 7.92. The predicted octanol–water partition coefficient (Wildman–Crippen LogP) is 4.49. The maximum atomic E-state index is 11.9. The van der Waals surface area contributed by atoms with Crippen LogP contribution in [0.5, 0.6) is 0 Å². The first kappa shape index (κ1) is 23.1. The molecule has 1 aromatic rings. The molecule has 0 saturated heterocycles. The van der Waals surface area contributed by atoms with Gasteiger partial charge in [0.25, 0.3) is 0 Å². The number of carbonyl (C=O) groups excluding carboxylic acids is 2. The zero-order chi connectivity index (χ0) is 21.0. The number of hydrogen-bond acceptors (Lipinski definition) is 4. The second-order valence-electron chi connectivity index (χ2n) is 7.45. The SMILES string of the molecule is Cc1ccccc1NC(=O)NCCCC[C@H](CN=[N+]=[N-])NC(=O)OC(C)(C)C. The number of azide groups is 1. The molecule has 0 aliphatic carbocycles. The number of aryl methyl sites for hydroxylation is 1. The van der Waals surface area contributed by atoms with E-state index in [1.165, 1.54) is 0 Å². The topological polar surface area (TPSA) is 128 Å². The number of anilines is 1. The highest BCUT2D eigenvalue weighted by atomic mass is 16.6. The first-order valence-electron chi connectivity index (χ1n) is 9.32. The zero-order valence-corrected chi connectivity index (χ0v) is 17.0. The van der Waals surface area contributed by atoms with Gasteiger partial charge in [0.15, 0.2) is 0 Å². The van der Waals surface area contributed by atoms with Gasteiger partial charge in [-0.2, -0.15) is 0 Å². The minimum absolute atomic E-state index is 0.150. The first-order valence-corrected chi connectivity index (χ1v) is 9.32. The maximum absolute atomic E-state index is 11.9. The van der Waals surface area contributed by atoms with Gasteiger partial charge in [-0.15, -0.1) is 0 Å². The molecule has 0 aliphatic rings. The summed E-state index contributed by atoms with van der Waals surface area (Å²) in [5, 5.41) is 11.9. The fourth-order valence-electron chi connectivity index (χ4n) is 2.42. The summed E-state index contributed by atoms with van der Waals surface area (Å²) >= 11 is 0. The van der Waals surface area contributed by atoms with E-state index in [-0.39, 0.29) is 18.6 Å². The van der Waals surface area contributed by atoms with Crippen LogP contribution in [0.4, 0.5) is 15.3 Å². The molecular weight excluding hydrogens is 360 g/mol. The third kappa shape index (κ3) is 10.3. The lowest BCUT2D eigenvalue weighted by molar-refractivity contribution is 0.0503. The molecule has 1 aromatic carbocycles. The summed E-state index contributed by atoms with van der Waals surface area (Å²) in [6.07, 6.45) is 1.54. The highest BCUT2D eigenvalue weighted by molar-refractivity contribution is 5.89. The van der Waals surface area contributed by atoms with Gasteiger partial charge in [-0.1, -0.05) is 23.3 Å². The number of para-hydroxylation sites is 1. The normalized spacial score (nSPS) is 11.7. The molecule has 154 valence electrons. The standard InChI is InChI=1S/C19H30N6O3/c1-14-9-5-6-11-16(14)24-17(26)21-12-8-7-10-15(13-22-25-20)23-18(27)28-19(2,3)4/h5-6,9,11,15H,7-8,10,12-13H2,1-4H3,(H,23,27)(H2,21,24,26)/t15-/m1/s1. The number of carbonyl (C=O) groups is 2. The Labute approximate surface area is 165 Å². The van der Waals surface area contributed by atoms with Crippen molar-refractivity contribution in [3.8, 4) is 0 Å². The Hall–Kier alpha value is -2.93. The average Bonchev–Trinajstić information content (AvgIpc) is 2.59. The molecule has 28 heavy (non-hydrogen) atoms. The second kappa shape index (κ2) is 11.7. The molecule has 0 radical (unpaired) electrons. The van der Waals surface area contributed by atoms with Crippen molar-refractivity contribution in [3.05, 3.63) is 40.3 Å². The smallest absolute Gasteiger partial charge is 0.407 e. The van der Waals surface area contributed by atoms with Crippen LogP contribution in [0.1, 0.15) is 45.6 Å². The van der Waals surface area contributed by atoms with Crippen LogP contribution in [-0.2, 0) is 4.74 Å². The molecule has 0 aliphatic heterocycles. The van der Waals surface area contributed by atoms with Crippen LogP contribution in [0.15, 0.2) is 29.4 Å². The van der Waals surface area contributed by atoms with Crippen molar-refractivity contribution in [1.29, 1.82) is 0 Å². The second-order valence-corrected chi connectivity index (χ2v) is 7.45. The van der Waals surface area contributed by atoms with Crippen LogP contribution in [0, 0.1) is 6.92 Å². The highest BCUT2D eigenvalue weighted by Gasteiger charge is 2.19. The van der Waals surface area contributed by atoms with Gasteiger partial charge in [0, 0.05) is 29.7 Å². The molecule has 0 unspecified atom stereocenters. The number of nitrogens with one attached hydrogen (secondary N) is 3. The molecular formula is C19H30N6O3. The van der Waals surface area contributed by atoms with E-state index in [2.05, 4.69) is 26.0 Å². The van der Waals surface area contributed by atoms with Gasteiger partial charge >= 0.3 is 12.1 Å². The van der Waals surface area contributed by atoms with Crippen LogP contribution in [0.2, 0.25) is 0 Å². The van der Waals surface area contributed by atoms with Crippen molar-refractivity contribution in [2.75, 3.05) is 18.4 Å². The van der Waals surface area contributed by atoms with Crippen LogP contribution in [-0.4, -0.2) is 36.9 Å². The van der Waals surface area contributed by atoms with Crippen molar-refractivity contribution in [1.82, 2.24) is 10.6 Å². The minimum Gasteiger partial charge on any atom is -0.444 e. The first-order chi connectivity index (χ1) is 13.2. The Morgan fingerprint density at radius 1 is 1.25 bits per heavy atom.